The van der Waals surface area contributed by atoms with Crippen LogP contribution in [0.1, 0.15) is 77.3 Å². The Morgan fingerprint density at radius 3 is 2.97 bits per heavy atom. The molecule has 29 heavy (non-hydrogen) atoms. The number of likely N-dealkylation sites (tertiary alicyclic amines) is 1. The van der Waals surface area contributed by atoms with E-state index in [1.807, 2.05) is 6.07 Å². The molecule has 1 atom stereocenters. The molecule has 0 unspecified atom stereocenters. The Morgan fingerprint density at radius 1 is 1.34 bits per heavy atom. The van der Waals surface area contributed by atoms with Crippen molar-refractivity contribution in [3.8, 4) is 0 Å². The Labute approximate surface area is 174 Å². The van der Waals surface area contributed by atoms with Crippen LogP contribution in [0, 0.1) is 0 Å². The summed E-state index contributed by atoms with van der Waals surface area (Å²) >= 11 is 1.51. The van der Waals surface area contributed by atoms with Crippen LogP contribution in [0.2, 0.25) is 0 Å². The molecule has 0 saturated carbocycles. The van der Waals surface area contributed by atoms with Gasteiger partial charge in [-0.15, -0.1) is 11.3 Å². The van der Waals surface area contributed by atoms with Crippen LogP contribution < -0.4 is 5.32 Å². The number of hydrogen-bond acceptors (Lipinski definition) is 6. The topological polar surface area (TPSA) is 84.7 Å². The van der Waals surface area contributed by atoms with Crippen molar-refractivity contribution in [3.63, 3.8) is 0 Å². The molecule has 1 fully saturated rings. The number of amides is 2. The molecular formula is C21H27N3O4S. The number of carbonyl (C=O) groups is 2. The molecule has 1 saturated heterocycles. The number of methoxy groups -OCH3 is 1. The zero-order chi connectivity index (χ0) is 20.4. The van der Waals surface area contributed by atoms with Gasteiger partial charge in [-0.25, -0.2) is 9.59 Å². The number of rotatable bonds is 5. The van der Waals surface area contributed by atoms with E-state index in [-0.39, 0.29) is 18.0 Å². The van der Waals surface area contributed by atoms with Gasteiger partial charge < -0.3 is 14.2 Å². The number of carbonyl (C=O) groups excluding carboxylic acids is 2. The van der Waals surface area contributed by atoms with E-state index < -0.39 is 0 Å². The number of hydrogen-bond donors (Lipinski definition) is 1. The first-order chi connectivity index (χ1) is 14.1. The van der Waals surface area contributed by atoms with Gasteiger partial charge in [0.05, 0.1) is 18.7 Å². The van der Waals surface area contributed by atoms with E-state index in [9.17, 15) is 9.59 Å². The molecule has 3 heterocycles. The van der Waals surface area contributed by atoms with Gasteiger partial charge in [-0.05, 0) is 50.5 Å². The lowest BCUT2D eigenvalue weighted by atomic mass is 9.95. The highest BCUT2D eigenvalue weighted by Gasteiger charge is 2.34. The Hall–Kier alpha value is -2.35. The van der Waals surface area contributed by atoms with Gasteiger partial charge in [-0.1, -0.05) is 12.1 Å². The molecule has 0 bridgehead atoms. The standard InChI is InChI=1S/C21H27N3O4S/c1-3-7-13-12-15(23-28-13)16-9-6-11-24(16)21(26)22-19-18(20(25)27-2)14-8-4-5-10-17(14)29-19/h12,16H,3-11H2,1-2H3,(H,22,26)/t16-/m0/s1. The monoisotopic (exact) mass is 417 g/mol. The van der Waals surface area contributed by atoms with Crippen molar-refractivity contribution < 1.29 is 18.8 Å². The molecule has 2 aromatic heterocycles. The molecule has 0 spiro atoms. The fourth-order valence-electron chi connectivity index (χ4n) is 4.31. The molecule has 156 valence electrons. The van der Waals surface area contributed by atoms with Gasteiger partial charge in [-0.3, -0.25) is 5.32 Å². The van der Waals surface area contributed by atoms with Crippen molar-refractivity contribution >= 4 is 28.3 Å². The quantitative estimate of drug-likeness (QED) is 0.712. The van der Waals surface area contributed by atoms with Crippen LogP contribution >= 0.6 is 11.3 Å². The highest BCUT2D eigenvalue weighted by Crippen LogP contribution is 2.39. The average Bonchev–Trinajstić information content (AvgIpc) is 3.45. The minimum atomic E-state index is -0.376. The minimum Gasteiger partial charge on any atom is -0.465 e. The number of aromatic nitrogens is 1. The van der Waals surface area contributed by atoms with Crippen LogP contribution in [0.15, 0.2) is 10.6 Å². The van der Waals surface area contributed by atoms with Gasteiger partial charge in [0.2, 0.25) is 0 Å². The zero-order valence-electron chi connectivity index (χ0n) is 17.0. The number of thiophene rings is 1. The molecule has 2 amide bonds. The third-order valence-corrected chi connectivity index (χ3v) is 6.92. The second-order valence-corrected chi connectivity index (χ2v) is 8.76. The minimum absolute atomic E-state index is 0.0967. The van der Waals surface area contributed by atoms with Crippen molar-refractivity contribution in [2.45, 2.75) is 64.3 Å². The second-order valence-electron chi connectivity index (χ2n) is 7.66. The van der Waals surface area contributed by atoms with Crippen LogP contribution in [0.5, 0.6) is 0 Å². The summed E-state index contributed by atoms with van der Waals surface area (Å²) in [7, 11) is 1.38. The zero-order valence-corrected chi connectivity index (χ0v) is 17.8. The molecule has 4 rings (SSSR count). The van der Waals surface area contributed by atoms with Crippen LogP contribution in [0.3, 0.4) is 0 Å². The van der Waals surface area contributed by atoms with E-state index in [1.165, 1.54) is 23.3 Å². The number of esters is 1. The van der Waals surface area contributed by atoms with E-state index in [4.69, 9.17) is 9.26 Å². The Morgan fingerprint density at radius 2 is 2.17 bits per heavy atom. The van der Waals surface area contributed by atoms with Gasteiger partial charge in [-0.2, -0.15) is 0 Å². The molecule has 0 aromatic carbocycles. The van der Waals surface area contributed by atoms with E-state index in [0.717, 1.165) is 68.4 Å². The largest absolute Gasteiger partial charge is 0.465 e. The first-order valence-corrected chi connectivity index (χ1v) is 11.2. The summed E-state index contributed by atoms with van der Waals surface area (Å²) in [6.07, 6.45) is 7.58. The molecule has 8 heteroatoms. The number of urea groups is 1. The average molecular weight is 418 g/mol. The van der Waals surface area contributed by atoms with Crippen molar-refractivity contribution in [1.29, 1.82) is 0 Å². The molecule has 0 radical (unpaired) electrons. The third-order valence-electron chi connectivity index (χ3n) is 5.71. The molecule has 7 nitrogen and oxygen atoms in total. The van der Waals surface area contributed by atoms with E-state index in [0.29, 0.717) is 17.1 Å². The van der Waals surface area contributed by atoms with Crippen LogP contribution in [0.25, 0.3) is 0 Å². The lowest BCUT2D eigenvalue weighted by molar-refractivity contribution is 0.0601. The lowest BCUT2D eigenvalue weighted by Crippen LogP contribution is -2.34. The summed E-state index contributed by atoms with van der Waals surface area (Å²) in [5, 5.41) is 7.81. The first kappa shape index (κ1) is 19.9. The predicted octanol–water partition coefficient (Wildman–Crippen LogP) is 4.72. The number of anilines is 1. The van der Waals surface area contributed by atoms with E-state index in [1.54, 1.807) is 4.90 Å². The summed E-state index contributed by atoms with van der Waals surface area (Å²) in [5.74, 6) is 0.479. The second kappa shape index (κ2) is 8.57. The lowest BCUT2D eigenvalue weighted by Gasteiger charge is -2.23. The van der Waals surface area contributed by atoms with Gasteiger partial charge in [0, 0.05) is 23.9 Å². The SMILES string of the molecule is CCCc1cc([C@@H]2CCCN2C(=O)Nc2sc3c(c2C(=O)OC)CCCC3)no1. The number of nitrogens with one attached hydrogen (secondary N) is 1. The van der Waals surface area contributed by atoms with Crippen molar-refractivity contribution in [2.24, 2.45) is 0 Å². The summed E-state index contributed by atoms with van der Waals surface area (Å²) in [6, 6.07) is 1.67. The maximum atomic E-state index is 13.1. The maximum absolute atomic E-state index is 13.1. The highest BCUT2D eigenvalue weighted by atomic mass is 32.1. The summed E-state index contributed by atoms with van der Waals surface area (Å²) < 4.78 is 10.4. The van der Waals surface area contributed by atoms with E-state index in [2.05, 4.69) is 17.4 Å². The predicted molar refractivity (Wildman–Crippen MR) is 110 cm³/mol. The summed E-state index contributed by atoms with van der Waals surface area (Å²) in [4.78, 5) is 28.5. The Kier molecular flexibility index (Phi) is 5.89. The van der Waals surface area contributed by atoms with Gasteiger partial charge in [0.15, 0.2) is 0 Å². The van der Waals surface area contributed by atoms with Crippen LogP contribution in [0.4, 0.5) is 9.80 Å². The van der Waals surface area contributed by atoms with Crippen molar-refractivity contribution in [2.75, 3.05) is 19.0 Å². The third kappa shape index (κ3) is 3.90. The molecule has 1 aliphatic heterocycles. The smallest absolute Gasteiger partial charge is 0.341 e. The van der Waals surface area contributed by atoms with Gasteiger partial charge in [0.25, 0.3) is 0 Å². The molecule has 2 aliphatic rings. The number of nitrogens with zero attached hydrogens (tertiary/aromatic N) is 2. The molecule has 1 N–H and O–H groups in total. The van der Waals surface area contributed by atoms with Gasteiger partial charge >= 0.3 is 12.0 Å². The molecular weight excluding hydrogens is 390 g/mol. The molecule has 2 aromatic rings. The number of fused-ring (bicyclic) bond motifs is 1. The Bertz CT molecular complexity index is 904. The van der Waals surface area contributed by atoms with Crippen molar-refractivity contribution in [3.05, 3.63) is 33.5 Å². The highest BCUT2D eigenvalue weighted by molar-refractivity contribution is 7.17. The molecule has 1 aliphatic carbocycles. The van der Waals surface area contributed by atoms with Gasteiger partial charge in [0.1, 0.15) is 16.5 Å². The number of aryl methyl sites for hydroxylation is 2. The van der Waals surface area contributed by atoms with E-state index >= 15 is 0 Å². The van der Waals surface area contributed by atoms with Crippen LogP contribution in [-0.4, -0.2) is 35.7 Å². The maximum Gasteiger partial charge on any atom is 0.341 e. The number of ether oxygens (including phenoxy) is 1. The van der Waals surface area contributed by atoms with Crippen molar-refractivity contribution in [1.82, 2.24) is 10.1 Å². The fourth-order valence-corrected chi connectivity index (χ4v) is 5.58. The Balaban J connectivity index is 1.55. The fraction of sp³-hybridized carbons (Fsp3) is 0.571. The summed E-state index contributed by atoms with van der Waals surface area (Å²) in [5.41, 5.74) is 2.38. The summed E-state index contributed by atoms with van der Waals surface area (Å²) in [6.45, 7) is 2.75. The van der Waals surface area contributed by atoms with Crippen LogP contribution in [-0.2, 0) is 24.0 Å². The first-order valence-electron chi connectivity index (χ1n) is 10.4. The normalized spacial score (nSPS) is 18.6.